The number of hydrogen-bond acceptors (Lipinski definition) is 5. The van der Waals surface area contributed by atoms with E-state index in [9.17, 15) is 0 Å². The van der Waals surface area contributed by atoms with E-state index in [4.69, 9.17) is 9.72 Å². The van der Waals surface area contributed by atoms with Gasteiger partial charge in [-0.25, -0.2) is 4.98 Å². The van der Waals surface area contributed by atoms with Crippen LogP contribution in [0.5, 0.6) is 0 Å². The predicted molar refractivity (Wildman–Crippen MR) is 87.1 cm³/mol. The van der Waals surface area contributed by atoms with Crippen LogP contribution in [0.15, 0.2) is 29.9 Å². The lowest BCUT2D eigenvalue weighted by molar-refractivity contribution is 0.0336. The minimum Gasteiger partial charge on any atom is -0.379 e. The second-order valence-electron chi connectivity index (χ2n) is 5.53. The molecule has 6 heteroatoms. The molecule has 4 rings (SSSR count). The molecule has 5 nitrogen and oxygen atoms in total. The number of pyridine rings is 1. The molecular formula is C16H18N4OS. The zero-order valence-corrected chi connectivity index (χ0v) is 13.3. The first-order valence-electron chi connectivity index (χ1n) is 7.49. The zero-order valence-electron chi connectivity index (χ0n) is 12.5. The van der Waals surface area contributed by atoms with E-state index in [1.54, 1.807) is 11.3 Å². The highest BCUT2D eigenvalue weighted by Gasteiger charge is 2.15. The molecule has 1 fully saturated rings. The van der Waals surface area contributed by atoms with Crippen LogP contribution in [0.2, 0.25) is 0 Å². The summed E-state index contributed by atoms with van der Waals surface area (Å²) in [5.41, 5.74) is 4.42. The molecule has 4 heterocycles. The fourth-order valence-electron chi connectivity index (χ4n) is 2.82. The molecule has 1 aliphatic rings. The maximum absolute atomic E-state index is 5.42. The van der Waals surface area contributed by atoms with Crippen molar-refractivity contribution in [2.75, 3.05) is 26.3 Å². The van der Waals surface area contributed by atoms with Crippen molar-refractivity contribution in [3.63, 3.8) is 0 Å². The molecule has 0 bridgehead atoms. The van der Waals surface area contributed by atoms with Gasteiger partial charge >= 0.3 is 0 Å². The molecule has 1 aliphatic heterocycles. The second kappa shape index (κ2) is 5.79. The van der Waals surface area contributed by atoms with Crippen molar-refractivity contribution < 1.29 is 4.74 Å². The van der Waals surface area contributed by atoms with Gasteiger partial charge in [0.2, 0.25) is 0 Å². The maximum atomic E-state index is 5.42. The third-order valence-electron chi connectivity index (χ3n) is 4.06. The van der Waals surface area contributed by atoms with Gasteiger partial charge in [0.05, 0.1) is 18.9 Å². The molecular weight excluding hydrogens is 296 g/mol. The maximum Gasteiger partial charge on any atom is 0.194 e. The lowest BCUT2D eigenvalue weighted by atomic mass is 10.1. The Hall–Kier alpha value is -1.76. The summed E-state index contributed by atoms with van der Waals surface area (Å²) in [6, 6.07) is 4.04. The van der Waals surface area contributed by atoms with E-state index in [2.05, 4.69) is 31.9 Å². The van der Waals surface area contributed by atoms with Crippen LogP contribution in [0, 0.1) is 6.92 Å². The van der Waals surface area contributed by atoms with Crippen molar-refractivity contribution in [3.05, 3.63) is 41.3 Å². The molecule has 22 heavy (non-hydrogen) atoms. The van der Waals surface area contributed by atoms with Gasteiger partial charge in [0, 0.05) is 54.4 Å². The minimum absolute atomic E-state index is 0.831. The number of nitrogens with zero attached hydrogens (tertiary/aromatic N) is 4. The smallest absolute Gasteiger partial charge is 0.194 e. The normalized spacial score (nSPS) is 16.4. The number of morpholine rings is 1. The Morgan fingerprint density at radius 3 is 3.00 bits per heavy atom. The predicted octanol–water partition coefficient (Wildman–Crippen LogP) is 2.60. The SMILES string of the molecule is Cc1ncccc1-c1cn2c(CN3CCOCC3)csc2n1. The van der Waals surface area contributed by atoms with Crippen molar-refractivity contribution in [2.45, 2.75) is 13.5 Å². The molecule has 1 saturated heterocycles. The van der Waals surface area contributed by atoms with E-state index in [0.29, 0.717) is 0 Å². The second-order valence-corrected chi connectivity index (χ2v) is 6.37. The van der Waals surface area contributed by atoms with Crippen LogP contribution in [-0.4, -0.2) is 45.6 Å². The number of aryl methyl sites for hydroxylation is 1. The first-order valence-corrected chi connectivity index (χ1v) is 8.37. The van der Waals surface area contributed by atoms with Gasteiger partial charge in [0.15, 0.2) is 4.96 Å². The van der Waals surface area contributed by atoms with E-state index < -0.39 is 0 Å². The van der Waals surface area contributed by atoms with Crippen molar-refractivity contribution >= 4 is 16.3 Å². The number of ether oxygens (including phenoxy) is 1. The highest BCUT2D eigenvalue weighted by molar-refractivity contribution is 7.15. The Bertz CT molecular complexity index is 788. The van der Waals surface area contributed by atoms with Gasteiger partial charge in [0.1, 0.15) is 0 Å². The molecule has 0 N–H and O–H groups in total. The fourth-order valence-corrected chi connectivity index (χ4v) is 3.68. The lowest BCUT2D eigenvalue weighted by Crippen LogP contribution is -2.35. The van der Waals surface area contributed by atoms with Gasteiger partial charge in [-0.15, -0.1) is 11.3 Å². The molecule has 3 aromatic rings. The molecule has 114 valence electrons. The number of hydrogen-bond donors (Lipinski definition) is 0. The van der Waals surface area contributed by atoms with E-state index in [-0.39, 0.29) is 0 Å². The summed E-state index contributed by atoms with van der Waals surface area (Å²) in [4.78, 5) is 12.6. The van der Waals surface area contributed by atoms with Gasteiger partial charge in [-0.1, -0.05) is 0 Å². The van der Waals surface area contributed by atoms with Gasteiger partial charge < -0.3 is 4.74 Å². The summed E-state index contributed by atoms with van der Waals surface area (Å²) in [6.07, 6.45) is 3.95. The Morgan fingerprint density at radius 1 is 1.32 bits per heavy atom. The molecule has 0 aromatic carbocycles. The van der Waals surface area contributed by atoms with Gasteiger partial charge in [0.25, 0.3) is 0 Å². The summed E-state index contributed by atoms with van der Waals surface area (Å²) in [5, 5.41) is 2.21. The first kappa shape index (κ1) is 13.9. The standard InChI is InChI=1S/C16H18N4OS/c1-12-14(3-2-4-17-12)15-10-20-13(11-22-16(20)18-15)9-19-5-7-21-8-6-19/h2-4,10-11H,5-9H2,1H3. The number of aromatic nitrogens is 3. The zero-order chi connectivity index (χ0) is 14.9. The van der Waals surface area contributed by atoms with Gasteiger partial charge in [-0.05, 0) is 19.1 Å². The molecule has 3 aromatic heterocycles. The van der Waals surface area contributed by atoms with E-state index >= 15 is 0 Å². The summed E-state index contributed by atoms with van der Waals surface area (Å²) in [6.45, 7) is 6.64. The van der Waals surface area contributed by atoms with Gasteiger partial charge in [-0.2, -0.15) is 0 Å². The fraction of sp³-hybridized carbons (Fsp3) is 0.375. The lowest BCUT2D eigenvalue weighted by Gasteiger charge is -2.26. The number of imidazole rings is 1. The number of fused-ring (bicyclic) bond motifs is 1. The van der Waals surface area contributed by atoms with Crippen LogP contribution in [0.1, 0.15) is 11.4 Å². The highest BCUT2D eigenvalue weighted by Crippen LogP contribution is 2.25. The number of rotatable bonds is 3. The molecule has 0 saturated carbocycles. The monoisotopic (exact) mass is 314 g/mol. The van der Waals surface area contributed by atoms with E-state index in [1.807, 2.05) is 19.2 Å². The summed E-state index contributed by atoms with van der Waals surface area (Å²) >= 11 is 1.70. The van der Waals surface area contributed by atoms with E-state index in [0.717, 1.165) is 54.8 Å². The Kier molecular flexibility index (Phi) is 3.65. The molecule has 0 radical (unpaired) electrons. The van der Waals surface area contributed by atoms with Crippen LogP contribution in [0.25, 0.3) is 16.2 Å². The Balaban J connectivity index is 1.66. The Labute approximate surface area is 133 Å². The largest absolute Gasteiger partial charge is 0.379 e. The number of thiazole rings is 1. The Morgan fingerprint density at radius 2 is 2.18 bits per heavy atom. The van der Waals surface area contributed by atoms with E-state index in [1.165, 1.54) is 5.69 Å². The van der Waals surface area contributed by atoms with Crippen LogP contribution in [-0.2, 0) is 11.3 Å². The summed E-state index contributed by atoms with van der Waals surface area (Å²) in [5.74, 6) is 0. The van der Waals surface area contributed by atoms with Crippen LogP contribution < -0.4 is 0 Å². The molecule has 0 amide bonds. The highest BCUT2D eigenvalue weighted by atomic mass is 32.1. The third-order valence-corrected chi connectivity index (χ3v) is 4.94. The van der Waals surface area contributed by atoms with Crippen molar-refractivity contribution in [1.29, 1.82) is 0 Å². The summed E-state index contributed by atoms with van der Waals surface area (Å²) < 4.78 is 7.63. The molecule has 0 unspecified atom stereocenters. The quantitative estimate of drug-likeness (QED) is 0.745. The van der Waals surface area contributed by atoms with Crippen LogP contribution in [0.4, 0.5) is 0 Å². The summed E-state index contributed by atoms with van der Waals surface area (Å²) in [7, 11) is 0. The molecule has 0 spiro atoms. The molecule has 0 aliphatic carbocycles. The van der Waals surface area contributed by atoms with Crippen LogP contribution in [0.3, 0.4) is 0 Å². The van der Waals surface area contributed by atoms with Gasteiger partial charge in [-0.3, -0.25) is 14.3 Å². The third kappa shape index (κ3) is 2.54. The average molecular weight is 314 g/mol. The van der Waals surface area contributed by atoms with Crippen molar-refractivity contribution in [3.8, 4) is 11.3 Å². The topological polar surface area (TPSA) is 42.7 Å². The van der Waals surface area contributed by atoms with Crippen molar-refractivity contribution in [1.82, 2.24) is 19.3 Å². The average Bonchev–Trinajstić information content (AvgIpc) is 3.11. The molecule has 0 atom stereocenters. The van der Waals surface area contributed by atoms with Crippen molar-refractivity contribution in [2.24, 2.45) is 0 Å². The first-order chi connectivity index (χ1) is 10.8. The van der Waals surface area contributed by atoms with Crippen LogP contribution >= 0.6 is 11.3 Å². The minimum atomic E-state index is 0.831.